The van der Waals surface area contributed by atoms with Gasteiger partial charge in [0.25, 0.3) is 0 Å². The molecule has 0 spiro atoms. The van der Waals surface area contributed by atoms with Gasteiger partial charge in [0.1, 0.15) is 5.82 Å². The number of carbonyl (C=O) groups excluding carboxylic acids is 1. The number of nitrogens with one attached hydrogen (secondary N) is 2. The second kappa shape index (κ2) is 8.40. The molecule has 2 aromatic rings. The van der Waals surface area contributed by atoms with Crippen molar-refractivity contribution in [3.05, 3.63) is 63.9 Å². The van der Waals surface area contributed by atoms with Gasteiger partial charge in [0.05, 0.1) is 12.2 Å². The van der Waals surface area contributed by atoms with Gasteiger partial charge >= 0.3 is 0 Å². The molecule has 0 aliphatic rings. The molecule has 3 nitrogen and oxygen atoms in total. The zero-order valence-corrected chi connectivity index (χ0v) is 15.7. The predicted octanol–water partition coefficient (Wildman–Crippen LogP) is 4.82. The Bertz CT molecular complexity index is 701. The Morgan fingerprint density at radius 3 is 2.42 bits per heavy atom. The molecular weight excluding hydrogens is 371 g/mol. The fraction of sp³-hybridized carbons (Fsp3) is 0.316. The summed E-state index contributed by atoms with van der Waals surface area (Å²) in [6, 6.07) is 12.1. The first kappa shape index (κ1) is 18.6. The van der Waals surface area contributed by atoms with Gasteiger partial charge in [-0.3, -0.25) is 4.79 Å². The summed E-state index contributed by atoms with van der Waals surface area (Å²) < 4.78 is 13.9. The highest BCUT2D eigenvalue weighted by Gasteiger charge is 2.17. The zero-order valence-electron chi connectivity index (χ0n) is 14.1. The van der Waals surface area contributed by atoms with Crippen LogP contribution in [0.15, 0.2) is 46.9 Å². The van der Waals surface area contributed by atoms with Crippen LogP contribution >= 0.6 is 15.9 Å². The van der Waals surface area contributed by atoms with Crippen LogP contribution in [0.5, 0.6) is 0 Å². The maximum atomic E-state index is 13.1. The van der Waals surface area contributed by atoms with E-state index in [2.05, 4.69) is 40.4 Å². The summed E-state index contributed by atoms with van der Waals surface area (Å²) in [6.07, 6.45) is 0. The largest absolute Gasteiger partial charge is 0.324 e. The number of hydrogen-bond donors (Lipinski definition) is 2. The lowest BCUT2D eigenvalue weighted by molar-refractivity contribution is -0.115. The number of halogens is 2. The summed E-state index contributed by atoms with van der Waals surface area (Å²) in [6.45, 7) is 6.30. The van der Waals surface area contributed by atoms with Crippen molar-refractivity contribution in [3.8, 4) is 0 Å². The number of anilines is 1. The Kier molecular flexibility index (Phi) is 6.52. The van der Waals surface area contributed by atoms with Gasteiger partial charge in [-0.1, -0.05) is 32.0 Å². The number of hydrogen-bond acceptors (Lipinski definition) is 2. The lowest BCUT2D eigenvalue weighted by Crippen LogP contribution is -2.33. The van der Waals surface area contributed by atoms with Crippen LogP contribution in [0.3, 0.4) is 0 Å². The first-order chi connectivity index (χ1) is 11.4. The summed E-state index contributed by atoms with van der Waals surface area (Å²) in [5, 5.41) is 6.14. The van der Waals surface area contributed by atoms with E-state index in [0.717, 1.165) is 21.3 Å². The first-order valence-corrected chi connectivity index (χ1v) is 8.71. The van der Waals surface area contributed by atoms with Crippen LogP contribution in [0.2, 0.25) is 0 Å². The molecule has 1 atom stereocenters. The van der Waals surface area contributed by atoms with Crippen LogP contribution in [0, 0.1) is 18.7 Å². The molecule has 0 bridgehead atoms. The third-order valence-electron chi connectivity index (χ3n) is 3.78. The van der Waals surface area contributed by atoms with E-state index in [9.17, 15) is 9.18 Å². The standard InChI is InChI=1S/C19H22BrFN2O/c1-12(2)19(14-5-7-15(21)8-6-14)22-11-18(24)23-17-9-4-13(3)10-16(17)20/h4-10,12,19,22H,11H2,1-3H3,(H,23,24)/t19-/m0/s1. The minimum atomic E-state index is -0.261. The van der Waals surface area contributed by atoms with E-state index in [0.29, 0.717) is 0 Å². The van der Waals surface area contributed by atoms with Gasteiger partial charge in [0.2, 0.25) is 5.91 Å². The Hall–Kier alpha value is -1.72. The van der Waals surface area contributed by atoms with Crippen molar-refractivity contribution in [2.75, 3.05) is 11.9 Å². The van der Waals surface area contributed by atoms with Gasteiger partial charge in [-0.25, -0.2) is 4.39 Å². The van der Waals surface area contributed by atoms with Gasteiger partial charge in [0.15, 0.2) is 0 Å². The van der Waals surface area contributed by atoms with Crippen LogP contribution in [0.1, 0.15) is 31.0 Å². The van der Waals surface area contributed by atoms with Gasteiger partial charge in [-0.05, 0) is 64.2 Å². The van der Waals surface area contributed by atoms with Crippen LogP contribution < -0.4 is 10.6 Å². The van der Waals surface area contributed by atoms with Crippen molar-refractivity contribution < 1.29 is 9.18 Å². The summed E-state index contributed by atoms with van der Waals surface area (Å²) in [5.74, 6) is -0.107. The number of aryl methyl sites for hydroxylation is 1. The predicted molar refractivity (Wildman–Crippen MR) is 99.5 cm³/mol. The van der Waals surface area contributed by atoms with Crippen LogP contribution in [-0.2, 0) is 4.79 Å². The molecule has 0 aliphatic heterocycles. The summed E-state index contributed by atoms with van der Waals surface area (Å²) >= 11 is 3.45. The van der Waals surface area contributed by atoms with E-state index < -0.39 is 0 Å². The number of amides is 1. The smallest absolute Gasteiger partial charge is 0.238 e. The molecule has 0 aliphatic carbocycles. The van der Waals surface area contributed by atoms with Crippen molar-refractivity contribution in [3.63, 3.8) is 0 Å². The Labute approximate surface area is 150 Å². The lowest BCUT2D eigenvalue weighted by atomic mass is 9.96. The second-order valence-electron chi connectivity index (χ2n) is 6.19. The Morgan fingerprint density at radius 1 is 1.17 bits per heavy atom. The molecule has 5 heteroatoms. The quantitative estimate of drug-likeness (QED) is 0.739. The minimum Gasteiger partial charge on any atom is -0.324 e. The van der Waals surface area contributed by atoms with Crippen molar-refractivity contribution in [2.45, 2.75) is 26.8 Å². The molecule has 0 fully saturated rings. The Balaban J connectivity index is 1.98. The third kappa shape index (κ3) is 5.14. The Morgan fingerprint density at radius 2 is 1.83 bits per heavy atom. The van der Waals surface area contributed by atoms with Crippen molar-refractivity contribution in [1.29, 1.82) is 0 Å². The third-order valence-corrected chi connectivity index (χ3v) is 4.43. The first-order valence-electron chi connectivity index (χ1n) is 7.91. The molecule has 2 rings (SSSR count). The number of benzene rings is 2. The molecule has 0 aromatic heterocycles. The van der Waals surface area contributed by atoms with Crippen molar-refractivity contribution >= 4 is 27.5 Å². The maximum Gasteiger partial charge on any atom is 0.238 e. The average molecular weight is 393 g/mol. The molecule has 0 heterocycles. The van der Waals surface area contributed by atoms with E-state index in [1.807, 2.05) is 25.1 Å². The van der Waals surface area contributed by atoms with Gasteiger partial charge in [-0.2, -0.15) is 0 Å². The molecule has 1 amide bonds. The van der Waals surface area contributed by atoms with Crippen LogP contribution in [0.4, 0.5) is 10.1 Å². The monoisotopic (exact) mass is 392 g/mol. The average Bonchev–Trinajstić information content (AvgIpc) is 2.52. The SMILES string of the molecule is Cc1ccc(NC(=O)CN[C@H](c2ccc(F)cc2)C(C)C)c(Br)c1. The maximum absolute atomic E-state index is 13.1. The highest BCUT2D eigenvalue weighted by Crippen LogP contribution is 2.24. The van der Waals surface area contributed by atoms with Crippen molar-refractivity contribution in [1.82, 2.24) is 5.32 Å². The molecule has 0 radical (unpaired) electrons. The summed E-state index contributed by atoms with van der Waals surface area (Å²) in [5.41, 5.74) is 2.83. The van der Waals surface area contributed by atoms with Crippen LogP contribution in [0.25, 0.3) is 0 Å². The molecule has 24 heavy (non-hydrogen) atoms. The number of rotatable bonds is 6. The molecule has 0 saturated carbocycles. The summed E-state index contributed by atoms with van der Waals surface area (Å²) in [4.78, 5) is 12.2. The topological polar surface area (TPSA) is 41.1 Å². The molecule has 0 unspecified atom stereocenters. The molecular formula is C19H22BrFN2O. The lowest BCUT2D eigenvalue weighted by Gasteiger charge is -2.23. The van der Waals surface area contributed by atoms with E-state index in [4.69, 9.17) is 0 Å². The fourth-order valence-corrected chi connectivity index (χ4v) is 3.12. The van der Waals surface area contributed by atoms with Gasteiger partial charge in [-0.15, -0.1) is 0 Å². The van der Waals surface area contributed by atoms with E-state index in [1.165, 1.54) is 12.1 Å². The highest BCUT2D eigenvalue weighted by atomic mass is 79.9. The van der Waals surface area contributed by atoms with Crippen LogP contribution in [-0.4, -0.2) is 12.5 Å². The minimum absolute atomic E-state index is 0.0159. The van der Waals surface area contributed by atoms with Crippen molar-refractivity contribution in [2.24, 2.45) is 5.92 Å². The zero-order chi connectivity index (χ0) is 17.7. The molecule has 0 saturated heterocycles. The van der Waals surface area contributed by atoms with E-state index in [1.54, 1.807) is 12.1 Å². The fourth-order valence-electron chi connectivity index (χ4n) is 2.53. The molecule has 2 aromatic carbocycles. The molecule has 2 N–H and O–H groups in total. The van der Waals surface area contributed by atoms with E-state index in [-0.39, 0.29) is 30.2 Å². The second-order valence-corrected chi connectivity index (χ2v) is 7.04. The van der Waals surface area contributed by atoms with E-state index >= 15 is 0 Å². The highest BCUT2D eigenvalue weighted by molar-refractivity contribution is 9.10. The normalized spacial score (nSPS) is 12.2. The van der Waals surface area contributed by atoms with Gasteiger partial charge in [0, 0.05) is 10.5 Å². The number of carbonyl (C=O) groups is 1. The van der Waals surface area contributed by atoms with Gasteiger partial charge < -0.3 is 10.6 Å². The molecule has 128 valence electrons. The summed E-state index contributed by atoms with van der Waals surface area (Å²) in [7, 11) is 0.